The van der Waals surface area contributed by atoms with E-state index in [2.05, 4.69) is 5.32 Å². The number of hydrogen-bond acceptors (Lipinski definition) is 2. The Kier molecular flexibility index (Phi) is 5.96. The van der Waals surface area contributed by atoms with E-state index in [0.29, 0.717) is 13.1 Å². The summed E-state index contributed by atoms with van der Waals surface area (Å²) in [6, 6.07) is 6.26. The lowest BCUT2D eigenvalue weighted by atomic mass is 9.94. The molecule has 1 N–H and O–H groups in total. The van der Waals surface area contributed by atoms with Crippen LogP contribution in [0.2, 0.25) is 0 Å². The van der Waals surface area contributed by atoms with Crippen LogP contribution in [-0.4, -0.2) is 31.4 Å². The monoisotopic (exact) mass is 266 g/mol. The molecule has 1 amide bonds. The standard InChI is InChI=1S/C15H23FN2O/c1-11(2)14(9-17-3)15(19)18(4)10-12-5-7-13(16)8-6-12/h5-8,11,14,17H,9-10H2,1-4H3. The van der Waals surface area contributed by atoms with Crippen LogP contribution in [0.15, 0.2) is 24.3 Å². The van der Waals surface area contributed by atoms with Crippen molar-refractivity contribution in [3.8, 4) is 0 Å². The molecule has 1 aromatic carbocycles. The van der Waals surface area contributed by atoms with Gasteiger partial charge >= 0.3 is 0 Å². The topological polar surface area (TPSA) is 32.3 Å². The number of amides is 1. The average molecular weight is 266 g/mol. The first-order valence-electron chi connectivity index (χ1n) is 6.59. The molecule has 0 bridgehead atoms. The van der Waals surface area contributed by atoms with E-state index in [1.54, 1.807) is 24.1 Å². The Hall–Kier alpha value is -1.42. The van der Waals surface area contributed by atoms with Gasteiger partial charge in [-0.15, -0.1) is 0 Å². The fraction of sp³-hybridized carbons (Fsp3) is 0.533. The Balaban J connectivity index is 2.67. The highest BCUT2D eigenvalue weighted by molar-refractivity contribution is 5.79. The number of rotatable bonds is 6. The van der Waals surface area contributed by atoms with Crippen molar-refractivity contribution in [1.29, 1.82) is 0 Å². The summed E-state index contributed by atoms with van der Waals surface area (Å²) >= 11 is 0. The van der Waals surface area contributed by atoms with Gasteiger partial charge in [-0.1, -0.05) is 26.0 Å². The number of carbonyl (C=O) groups excluding carboxylic acids is 1. The van der Waals surface area contributed by atoms with Gasteiger partial charge in [0.1, 0.15) is 5.82 Å². The number of hydrogen-bond donors (Lipinski definition) is 1. The molecular weight excluding hydrogens is 243 g/mol. The van der Waals surface area contributed by atoms with Crippen molar-refractivity contribution in [3.05, 3.63) is 35.6 Å². The lowest BCUT2D eigenvalue weighted by Gasteiger charge is -2.26. The van der Waals surface area contributed by atoms with Crippen LogP contribution in [0.1, 0.15) is 19.4 Å². The fourth-order valence-corrected chi connectivity index (χ4v) is 2.05. The van der Waals surface area contributed by atoms with Gasteiger partial charge in [-0.3, -0.25) is 4.79 Å². The van der Waals surface area contributed by atoms with E-state index in [9.17, 15) is 9.18 Å². The van der Waals surface area contributed by atoms with Crippen molar-refractivity contribution in [3.63, 3.8) is 0 Å². The minimum atomic E-state index is -0.257. The molecule has 0 aliphatic rings. The summed E-state index contributed by atoms with van der Waals surface area (Å²) < 4.78 is 12.8. The molecule has 1 atom stereocenters. The van der Waals surface area contributed by atoms with Gasteiger partial charge in [-0.2, -0.15) is 0 Å². The summed E-state index contributed by atoms with van der Waals surface area (Å²) in [5, 5.41) is 3.06. The highest BCUT2D eigenvalue weighted by Crippen LogP contribution is 2.15. The summed E-state index contributed by atoms with van der Waals surface area (Å²) in [6.07, 6.45) is 0. The van der Waals surface area contributed by atoms with E-state index in [1.807, 2.05) is 20.9 Å². The average Bonchev–Trinajstić information content (AvgIpc) is 2.37. The van der Waals surface area contributed by atoms with Crippen molar-refractivity contribution < 1.29 is 9.18 Å². The molecule has 0 saturated carbocycles. The Labute approximate surface area is 114 Å². The largest absolute Gasteiger partial charge is 0.341 e. The molecule has 1 rings (SSSR count). The molecule has 4 heteroatoms. The molecule has 1 unspecified atom stereocenters. The summed E-state index contributed by atoms with van der Waals surface area (Å²) in [7, 11) is 3.64. The molecule has 0 spiro atoms. The van der Waals surface area contributed by atoms with Crippen LogP contribution in [-0.2, 0) is 11.3 Å². The van der Waals surface area contributed by atoms with Crippen LogP contribution >= 0.6 is 0 Å². The van der Waals surface area contributed by atoms with E-state index in [1.165, 1.54) is 12.1 Å². The number of nitrogens with one attached hydrogen (secondary N) is 1. The number of halogens is 1. The van der Waals surface area contributed by atoms with E-state index >= 15 is 0 Å². The zero-order valence-corrected chi connectivity index (χ0v) is 12.1. The molecule has 0 heterocycles. The lowest BCUT2D eigenvalue weighted by molar-refractivity contribution is -0.136. The summed E-state index contributed by atoms with van der Waals surface area (Å²) in [5.41, 5.74) is 0.934. The Morgan fingerprint density at radius 2 is 1.89 bits per heavy atom. The van der Waals surface area contributed by atoms with E-state index in [0.717, 1.165) is 5.56 Å². The second-order valence-electron chi connectivity index (χ2n) is 5.23. The first-order valence-corrected chi connectivity index (χ1v) is 6.59. The van der Waals surface area contributed by atoms with Crippen LogP contribution in [0.5, 0.6) is 0 Å². The smallest absolute Gasteiger partial charge is 0.227 e. The molecule has 1 aromatic rings. The second kappa shape index (κ2) is 7.24. The Bertz CT molecular complexity index is 403. The maximum Gasteiger partial charge on any atom is 0.227 e. The van der Waals surface area contributed by atoms with Crippen molar-refractivity contribution in [2.45, 2.75) is 20.4 Å². The normalized spacial score (nSPS) is 12.5. The molecule has 0 aliphatic heterocycles. The Morgan fingerprint density at radius 1 is 1.32 bits per heavy atom. The third-order valence-electron chi connectivity index (χ3n) is 3.26. The quantitative estimate of drug-likeness (QED) is 0.856. The van der Waals surface area contributed by atoms with Gasteiger partial charge in [0.2, 0.25) is 5.91 Å². The molecule has 106 valence electrons. The van der Waals surface area contributed by atoms with Gasteiger partial charge in [0.05, 0.1) is 5.92 Å². The molecule has 0 fully saturated rings. The van der Waals surface area contributed by atoms with Crippen molar-refractivity contribution in [2.24, 2.45) is 11.8 Å². The van der Waals surface area contributed by atoms with Crippen molar-refractivity contribution >= 4 is 5.91 Å². The van der Waals surface area contributed by atoms with Gasteiger partial charge in [-0.05, 0) is 30.7 Å². The first kappa shape index (κ1) is 15.6. The number of carbonyl (C=O) groups is 1. The van der Waals surface area contributed by atoms with Crippen LogP contribution in [0, 0.1) is 17.7 Å². The predicted molar refractivity (Wildman–Crippen MR) is 75.1 cm³/mol. The van der Waals surface area contributed by atoms with Crippen molar-refractivity contribution in [2.75, 3.05) is 20.6 Å². The van der Waals surface area contributed by atoms with Crippen LogP contribution in [0.3, 0.4) is 0 Å². The third-order valence-corrected chi connectivity index (χ3v) is 3.26. The predicted octanol–water partition coefficient (Wildman–Crippen LogP) is 2.28. The lowest BCUT2D eigenvalue weighted by Crippen LogP contribution is -2.39. The van der Waals surface area contributed by atoms with E-state index in [4.69, 9.17) is 0 Å². The molecule has 0 saturated heterocycles. The summed E-state index contributed by atoms with van der Waals surface area (Å²) in [4.78, 5) is 14.1. The van der Waals surface area contributed by atoms with Gasteiger partial charge in [0.25, 0.3) is 0 Å². The maximum absolute atomic E-state index is 12.8. The fourth-order valence-electron chi connectivity index (χ4n) is 2.05. The highest BCUT2D eigenvalue weighted by atomic mass is 19.1. The third kappa shape index (κ3) is 4.63. The SMILES string of the molecule is CNCC(C(=O)N(C)Cc1ccc(F)cc1)C(C)C. The van der Waals surface area contributed by atoms with Gasteiger partial charge in [-0.25, -0.2) is 4.39 Å². The molecule has 0 aliphatic carbocycles. The van der Waals surface area contributed by atoms with Gasteiger partial charge < -0.3 is 10.2 Å². The highest BCUT2D eigenvalue weighted by Gasteiger charge is 2.24. The van der Waals surface area contributed by atoms with Crippen LogP contribution < -0.4 is 5.32 Å². The molecule has 3 nitrogen and oxygen atoms in total. The molecule has 19 heavy (non-hydrogen) atoms. The maximum atomic E-state index is 12.8. The minimum absolute atomic E-state index is 0.0320. The van der Waals surface area contributed by atoms with Gasteiger partial charge in [0, 0.05) is 20.1 Å². The zero-order valence-electron chi connectivity index (χ0n) is 12.1. The van der Waals surface area contributed by atoms with Crippen molar-refractivity contribution in [1.82, 2.24) is 10.2 Å². The number of nitrogens with zero attached hydrogens (tertiary/aromatic N) is 1. The summed E-state index contributed by atoms with van der Waals surface area (Å²) in [5.74, 6) is 0.118. The van der Waals surface area contributed by atoms with Crippen LogP contribution in [0.4, 0.5) is 4.39 Å². The second-order valence-corrected chi connectivity index (χ2v) is 5.23. The molecular formula is C15H23FN2O. The minimum Gasteiger partial charge on any atom is -0.341 e. The zero-order chi connectivity index (χ0) is 14.4. The van der Waals surface area contributed by atoms with E-state index < -0.39 is 0 Å². The molecule has 0 radical (unpaired) electrons. The van der Waals surface area contributed by atoms with Crippen LogP contribution in [0.25, 0.3) is 0 Å². The molecule has 0 aromatic heterocycles. The van der Waals surface area contributed by atoms with E-state index in [-0.39, 0.29) is 23.6 Å². The van der Waals surface area contributed by atoms with Gasteiger partial charge in [0.15, 0.2) is 0 Å². The summed E-state index contributed by atoms with van der Waals surface area (Å²) in [6.45, 7) is 5.27. The number of benzene rings is 1. The Morgan fingerprint density at radius 3 is 2.37 bits per heavy atom. The first-order chi connectivity index (χ1) is 8.95.